The zero-order chi connectivity index (χ0) is 8.60. The van der Waals surface area contributed by atoms with Crippen molar-refractivity contribution in [3.63, 3.8) is 0 Å². The molecule has 3 heteroatoms. The third-order valence-corrected chi connectivity index (χ3v) is 3.04. The number of hydrogen-bond acceptors (Lipinski definition) is 3. The number of nitrogens with two attached hydrogens (primary N) is 1. The van der Waals surface area contributed by atoms with E-state index in [1.807, 2.05) is 0 Å². The Bertz CT molecular complexity index is 166. The molecule has 1 saturated heterocycles. The molecule has 0 aromatic heterocycles. The molecule has 3 nitrogen and oxygen atoms in total. The molecule has 1 aliphatic heterocycles. The Hall–Kier alpha value is -0.120. The third kappa shape index (κ3) is 1.37. The van der Waals surface area contributed by atoms with Gasteiger partial charge in [0.2, 0.25) is 0 Å². The van der Waals surface area contributed by atoms with E-state index in [0.717, 1.165) is 32.5 Å². The highest BCUT2D eigenvalue weighted by Crippen LogP contribution is 2.37. The second-order valence-electron chi connectivity index (χ2n) is 3.99. The molecule has 12 heavy (non-hydrogen) atoms. The first kappa shape index (κ1) is 8.48. The van der Waals surface area contributed by atoms with Crippen molar-refractivity contribution < 1.29 is 9.47 Å². The lowest BCUT2D eigenvalue weighted by molar-refractivity contribution is -0.187. The van der Waals surface area contributed by atoms with E-state index in [0.29, 0.717) is 12.0 Å². The summed E-state index contributed by atoms with van der Waals surface area (Å²) < 4.78 is 11.2. The minimum absolute atomic E-state index is 0.255. The van der Waals surface area contributed by atoms with E-state index >= 15 is 0 Å². The summed E-state index contributed by atoms with van der Waals surface area (Å²) in [5.41, 5.74) is 5.92. The zero-order valence-electron chi connectivity index (χ0n) is 7.58. The summed E-state index contributed by atoms with van der Waals surface area (Å²) in [6, 6.07) is 0.337. The molecule has 0 amide bonds. The second-order valence-corrected chi connectivity index (χ2v) is 3.99. The summed E-state index contributed by atoms with van der Waals surface area (Å²) in [7, 11) is 0. The molecule has 1 heterocycles. The summed E-state index contributed by atoms with van der Waals surface area (Å²) in [4.78, 5) is 0. The van der Waals surface area contributed by atoms with Gasteiger partial charge in [-0.1, -0.05) is 6.92 Å². The molecule has 2 N–H and O–H groups in total. The SMILES string of the molecule is C[C@@H]1CC2(CC[C@H]1N)OCCO2. The average molecular weight is 171 g/mol. The van der Waals surface area contributed by atoms with Gasteiger partial charge in [0.15, 0.2) is 5.79 Å². The van der Waals surface area contributed by atoms with E-state index in [4.69, 9.17) is 15.2 Å². The number of ether oxygens (including phenoxy) is 2. The van der Waals surface area contributed by atoms with Crippen LogP contribution in [0.4, 0.5) is 0 Å². The Morgan fingerprint density at radius 2 is 2.00 bits per heavy atom. The molecule has 2 aliphatic rings. The Labute approximate surface area is 73.2 Å². The molecule has 2 atom stereocenters. The lowest BCUT2D eigenvalue weighted by atomic mass is 9.82. The van der Waals surface area contributed by atoms with E-state index in [-0.39, 0.29) is 5.79 Å². The van der Waals surface area contributed by atoms with Crippen LogP contribution in [0.2, 0.25) is 0 Å². The molecule has 1 aliphatic carbocycles. The molecule has 0 aromatic rings. The van der Waals surface area contributed by atoms with Crippen LogP contribution < -0.4 is 5.73 Å². The molecule has 1 saturated carbocycles. The summed E-state index contributed by atoms with van der Waals surface area (Å²) in [5.74, 6) is 0.270. The smallest absolute Gasteiger partial charge is 0.168 e. The highest BCUT2D eigenvalue weighted by Gasteiger charge is 2.42. The van der Waals surface area contributed by atoms with Crippen LogP contribution in [0.1, 0.15) is 26.2 Å². The van der Waals surface area contributed by atoms with Crippen molar-refractivity contribution in [1.82, 2.24) is 0 Å². The maximum absolute atomic E-state index is 5.92. The second kappa shape index (κ2) is 2.98. The molecule has 0 unspecified atom stereocenters. The summed E-state index contributed by atoms with van der Waals surface area (Å²) in [6.07, 6.45) is 2.97. The summed E-state index contributed by atoms with van der Waals surface area (Å²) in [5, 5.41) is 0. The molecule has 2 rings (SSSR count). The lowest BCUT2D eigenvalue weighted by Gasteiger charge is -2.38. The van der Waals surface area contributed by atoms with Gasteiger partial charge in [0.25, 0.3) is 0 Å². The summed E-state index contributed by atoms with van der Waals surface area (Å²) >= 11 is 0. The van der Waals surface area contributed by atoms with E-state index in [9.17, 15) is 0 Å². The van der Waals surface area contributed by atoms with Crippen LogP contribution in [0, 0.1) is 5.92 Å². The topological polar surface area (TPSA) is 44.5 Å². The first-order chi connectivity index (χ1) is 5.72. The maximum Gasteiger partial charge on any atom is 0.168 e. The van der Waals surface area contributed by atoms with Crippen molar-refractivity contribution in [2.45, 2.75) is 38.0 Å². The third-order valence-electron chi connectivity index (χ3n) is 3.04. The number of rotatable bonds is 0. The first-order valence-corrected chi connectivity index (χ1v) is 4.75. The standard InChI is InChI=1S/C9H17NO2/c1-7-6-9(3-2-8(7)10)11-4-5-12-9/h7-8H,2-6,10H2,1H3/t7-,8-/m1/s1. The van der Waals surface area contributed by atoms with Gasteiger partial charge in [-0.25, -0.2) is 0 Å². The zero-order valence-corrected chi connectivity index (χ0v) is 7.58. The van der Waals surface area contributed by atoms with Crippen LogP contribution in [0.5, 0.6) is 0 Å². The van der Waals surface area contributed by atoms with Crippen LogP contribution in [-0.4, -0.2) is 25.0 Å². The highest BCUT2D eigenvalue weighted by molar-refractivity contribution is 4.87. The predicted octanol–water partition coefficient (Wildman–Crippen LogP) is 0.877. The van der Waals surface area contributed by atoms with E-state index in [2.05, 4.69) is 6.92 Å². The van der Waals surface area contributed by atoms with Crippen molar-refractivity contribution in [2.75, 3.05) is 13.2 Å². The van der Waals surface area contributed by atoms with Crippen molar-refractivity contribution in [3.8, 4) is 0 Å². The van der Waals surface area contributed by atoms with Crippen LogP contribution in [0.25, 0.3) is 0 Å². The molecule has 70 valence electrons. The number of hydrogen-bond donors (Lipinski definition) is 1. The van der Waals surface area contributed by atoms with E-state index in [1.165, 1.54) is 0 Å². The molecule has 0 bridgehead atoms. The minimum atomic E-state index is -0.255. The molecule has 1 spiro atoms. The normalized spacial score (nSPS) is 40.5. The van der Waals surface area contributed by atoms with Gasteiger partial charge in [-0.15, -0.1) is 0 Å². The summed E-state index contributed by atoms with van der Waals surface area (Å²) in [6.45, 7) is 3.68. The van der Waals surface area contributed by atoms with Crippen molar-refractivity contribution in [2.24, 2.45) is 11.7 Å². The molecule has 0 aromatic carbocycles. The fourth-order valence-corrected chi connectivity index (χ4v) is 2.17. The van der Waals surface area contributed by atoms with Gasteiger partial charge in [0, 0.05) is 18.9 Å². The van der Waals surface area contributed by atoms with Crippen LogP contribution in [0.15, 0.2) is 0 Å². The Morgan fingerprint density at radius 1 is 1.33 bits per heavy atom. The van der Waals surface area contributed by atoms with Gasteiger partial charge in [-0.3, -0.25) is 0 Å². The highest BCUT2D eigenvalue weighted by atomic mass is 16.7. The van der Waals surface area contributed by atoms with Gasteiger partial charge < -0.3 is 15.2 Å². The van der Waals surface area contributed by atoms with Crippen LogP contribution >= 0.6 is 0 Å². The molecular weight excluding hydrogens is 154 g/mol. The molecular formula is C9H17NO2. The van der Waals surface area contributed by atoms with Crippen molar-refractivity contribution in [3.05, 3.63) is 0 Å². The van der Waals surface area contributed by atoms with Gasteiger partial charge in [-0.05, 0) is 12.3 Å². The lowest BCUT2D eigenvalue weighted by Crippen LogP contribution is -2.44. The van der Waals surface area contributed by atoms with Gasteiger partial charge in [0.1, 0.15) is 0 Å². The average Bonchev–Trinajstić information content (AvgIpc) is 2.47. The Kier molecular flexibility index (Phi) is 2.10. The van der Waals surface area contributed by atoms with Crippen molar-refractivity contribution in [1.29, 1.82) is 0 Å². The van der Waals surface area contributed by atoms with Crippen molar-refractivity contribution >= 4 is 0 Å². The Balaban J connectivity index is 2.01. The largest absolute Gasteiger partial charge is 0.348 e. The van der Waals surface area contributed by atoms with Crippen LogP contribution in [-0.2, 0) is 9.47 Å². The maximum atomic E-state index is 5.92. The molecule has 0 radical (unpaired) electrons. The minimum Gasteiger partial charge on any atom is -0.348 e. The fraction of sp³-hybridized carbons (Fsp3) is 1.00. The predicted molar refractivity (Wildman–Crippen MR) is 45.6 cm³/mol. The van der Waals surface area contributed by atoms with Gasteiger partial charge >= 0.3 is 0 Å². The fourth-order valence-electron chi connectivity index (χ4n) is 2.17. The monoisotopic (exact) mass is 171 g/mol. The van der Waals surface area contributed by atoms with E-state index < -0.39 is 0 Å². The quantitative estimate of drug-likeness (QED) is 0.588. The van der Waals surface area contributed by atoms with E-state index in [1.54, 1.807) is 0 Å². The first-order valence-electron chi connectivity index (χ1n) is 4.75. The molecule has 2 fully saturated rings. The van der Waals surface area contributed by atoms with Gasteiger partial charge in [0.05, 0.1) is 13.2 Å². The van der Waals surface area contributed by atoms with Crippen LogP contribution in [0.3, 0.4) is 0 Å². The Morgan fingerprint density at radius 3 is 2.58 bits per heavy atom. The van der Waals surface area contributed by atoms with Gasteiger partial charge in [-0.2, -0.15) is 0 Å².